The van der Waals surface area contributed by atoms with Crippen molar-refractivity contribution in [3.05, 3.63) is 44.2 Å². The highest BCUT2D eigenvalue weighted by Crippen LogP contribution is 2.37. The third kappa shape index (κ3) is 1.72. The number of rotatable bonds is 2. The molecule has 4 heteroatoms. The van der Waals surface area contributed by atoms with Crippen LogP contribution in [0.25, 0.3) is 10.9 Å². The average molecular weight is 306 g/mol. The summed E-state index contributed by atoms with van der Waals surface area (Å²) >= 11 is 3.49. The summed E-state index contributed by atoms with van der Waals surface area (Å²) in [5, 5.41) is 0.859. The summed E-state index contributed by atoms with van der Waals surface area (Å²) in [7, 11) is 0. The summed E-state index contributed by atoms with van der Waals surface area (Å²) in [6, 6.07) is 5.65. The standard InChI is InChI=1S/C14H12BrNO2/c1-8-4-11-9(7-17)5-14(18)16(10-2-3-10)13(11)6-12(8)15/h4-7,10H,2-3H2,1H3. The zero-order valence-corrected chi connectivity index (χ0v) is 11.5. The molecule has 0 saturated heterocycles. The van der Waals surface area contributed by atoms with Gasteiger partial charge in [-0.2, -0.15) is 0 Å². The fourth-order valence-corrected chi connectivity index (χ4v) is 2.64. The molecular weight excluding hydrogens is 294 g/mol. The van der Waals surface area contributed by atoms with Crippen LogP contribution in [-0.4, -0.2) is 10.9 Å². The number of carbonyl (C=O) groups excluding carboxylic acids is 1. The van der Waals surface area contributed by atoms with Crippen molar-refractivity contribution in [2.75, 3.05) is 0 Å². The molecule has 0 unspecified atom stereocenters. The second-order valence-electron chi connectivity index (χ2n) is 4.78. The third-order valence-electron chi connectivity index (χ3n) is 3.40. The van der Waals surface area contributed by atoms with Gasteiger partial charge in [0, 0.05) is 27.5 Å². The Hall–Kier alpha value is -1.42. The van der Waals surface area contributed by atoms with Crippen molar-refractivity contribution < 1.29 is 4.79 Å². The highest BCUT2D eigenvalue weighted by molar-refractivity contribution is 9.10. The lowest BCUT2D eigenvalue weighted by Gasteiger charge is -2.12. The number of aryl methyl sites for hydroxylation is 1. The number of hydrogen-bond acceptors (Lipinski definition) is 2. The second-order valence-corrected chi connectivity index (χ2v) is 5.63. The molecule has 0 radical (unpaired) electrons. The van der Waals surface area contributed by atoms with E-state index in [0.29, 0.717) is 11.6 Å². The van der Waals surface area contributed by atoms with E-state index < -0.39 is 0 Å². The van der Waals surface area contributed by atoms with Crippen LogP contribution in [0, 0.1) is 6.92 Å². The molecule has 0 spiro atoms. The van der Waals surface area contributed by atoms with E-state index >= 15 is 0 Å². The smallest absolute Gasteiger partial charge is 0.251 e. The maximum absolute atomic E-state index is 12.1. The lowest BCUT2D eigenvalue weighted by Crippen LogP contribution is -2.19. The SMILES string of the molecule is Cc1cc2c(C=O)cc(=O)n(C3CC3)c2cc1Br. The molecule has 1 heterocycles. The van der Waals surface area contributed by atoms with Gasteiger partial charge in [-0.25, -0.2) is 0 Å². The molecular formula is C14H12BrNO2. The van der Waals surface area contributed by atoms with Crippen molar-refractivity contribution in [1.29, 1.82) is 0 Å². The van der Waals surface area contributed by atoms with Gasteiger partial charge in [0.15, 0.2) is 6.29 Å². The van der Waals surface area contributed by atoms with Crippen LogP contribution in [0.5, 0.6) is 0 Å². The Balaban J connectivity index is 2.48. The molecule has 1 aromatic heterocycles. The fraction of sp³-hybridized carbons (Fsp3) is 0.286. The van der Waals surface area contributed by atoms with Crippen LogP contribution >= 0.6 is 15.9 Å². The van der Waals surface area contributed by atoms with Gasteiger partial charge < -0.3 is 4.57 Å². The first kappa shape index (κ1) is 11.7. The van der Waals surface area contributed by atoms with Crippen LogP contribution in [0.15, 0.2) is 27.5 Å². The lowest BCUT2D eigenvalue weighted by atomic mass is 10.1. The number of fused-ring (bicyclic) bond motifs is 1. The predicted molar refractivity (Wildman–Crippen MR) is 74.3 cm³/mol. The first-order valence-corrected chi connectivity index (χ1v) is 6.71. The molecule has 1 aliphatic rings. The normalized spacial score (nSPS) is 15.0. The Morgan fingerprint density at radius 3 is 2.67 bits per heavy atom. The molecule has 0 amide bonds. The van der Waals surface area contributed by atoms with E-state index in [1.165, 1.54) is 6.07 Å². The van der Waals surface area contributed by atoms with Gasteiger partial charge in [0.25, 0.3) is 5.56 Å². The molecule has 0 aliphatic heterocycles. The molecule has 3 nitrogen and oxygen atoms in total. The van der Waals surface area contributed by atoms with Gasteiger partial charge in [-0.15, -0.1) is 0 Å². The molecule has 1 saturated carbocycles. The Bertz CT molecular complexity index is 714. The number of halogens is 1. The minimum Gasteiger partial charge on any atom is -0.305 e. The molecule has 1 aromatic carbocycles. The van der Waals surface area contributed by atoms with Crippen molar-refractivity contribution in [2.45, 2.75) is 25.8 Å². The van der Waals surface area contributed by atoms with Crippen LogP contribution in [0.3, 0.4) is 0 Å². The monoisotopic (exact) mass is 305 g/mol. The van der Waals surface area contributed by atoms with Gasteiger partial charge in [-0.1, -0.05) is 15.9 Å². The van der Waals surface area contributed by atoms with E-state index in [1.807, 2.05) is 23.6 Å². The first-order chi connectivity index (χ1) is 8.61. The van der Waals surface area contributed by atoms with E-state index in [1.54, 1.807) is 0 Å². The fourth-order valence-electron chi connectivity index (χ4n) is 2.31. The number of nitrogens with zero attached hydrogens (tertiary/aromatic N) is 1. The van der Waals surface area contributed by atoms with Crippen molar-refractivity contribution in [1.82, 2.24) is 4.57 Å². The average Bonchev–Trinajstić information content (AvgIpc) is 3.14. The summed E-state index contributed by atoms with van der Waals surface area (Å²) in [4.78, 5) is 23.2. The lowest BCUT2D eigenvalue weighted by molar-refractivity contribution is 0.112. The van der Waals surface area contributed by atoms with Gasteiger partial charge in [-0.3, -0.25) is 9.59 Å². The van der Waals surface area contributed by atoms with Crippen molar-refractivity contribution >= 4 is 33.1 Å². The molecule has 1 fully saturated rings. The van der Waals surface area contributed by atoms with Gasteiger partial charge in [0.05, 0.1) is 5.52 Å². The molecule has 0 atom stereocenters. The molecule has 0 bridgehead atoms. The molecule has 1 aliphatic carbocycles. The maximum Gasteiger partial charge on any atom is 0.251 e. The van der Waals surface area contributed by atoms with Gasteiger partial charge in [-0.05, 0) is 37.5 Å². The molecule has 3 rings (SSSR count). The summed E-state index contributed by atoms with van der Waals surface area (Å²) in [6.07, 6.45) is 2.84. The molecule has 0 N–H and O–H groups in total. The summed E-state index contributed by atoms with van der Waals surface area (Å²) in [6.45, 7) is 1.98. The predicted octanol–water partition coefficient (Wildman–Crippen LogP) is 3.22. The number of pyridine rings is 1. The Labute approximate surface area is 113 Å². The van der Waals surface area contributed by atoms with Crippen molar-refractivity contribution in [3.8, 4) is 0 Å². The number of aldehydes is 1. The van der Waals surface area contributed by atoms with Gasteiger partial charge in [0.1, 0.15) is 0 Å². The maximum atomic E-state index is 12.1. The first-order valence-electron chi connectivity index (χ1n) is 5.92. The number of benzene rings is 1. The summed E-state index contributed by atoms with van der Waals surface area (Å²) < 4.78 is 2.78. The topological polar surface area (TPSA) is 39.1 Å². The van der Waals surface area contributed by atoms with Crippen LogP contribution in [-0.2, 0) is 0 Å². The van der Waals surface area contributed by atoms with E-state index in [4.69, 9.17) is 0 Å². The van der Waals surface area contributed by atoms with Crippen molar-refractivity contribution in [2.24, 2.45) is 0 Å². The van der Waals surface area contributed by atoms with Gasteiger partial charge in [0.2, 0.25) is 0 Å². The molecule has 92 valence electrons. The molecule has 18 heavy (non-hydrogen) atoms. The van der Waals surface area contributed by atoms with Gasteiger partial charge >= 0.3 is 0 Å². The Morgan fingerprint density at radius 1 is 1.33 bits per heavy atom. The minimum atomic E-state index is -0.0807. The zero-order valence-electron chi connectivity index (χ0n) is 9.94. The van der Waals surface area contributed by atoms with Crippen LogP contribution in [0.1, 0.15) is 34.8 Å². The van der Waals surface area contributed by atoms with E-state index in [0.717, 1.165) is 40.1 Å². The summed E-state index contributed by atoms with van der Waals surface area (Å²) in [5.41, 5.74) is 2.31. The largest absolute Gasteiger partial charge is 0.305 e. The highest BCUT2D eigenvalue weighted by Gasteiger charge is 2.26. The molecule has 2 aromatic rings. The van der Waals surface area contributed by atoms with Crippen molar-refractivity contribution in [3.63, 3.8) is 0 Å². The number of carbonyl (C=O) groups is 1. The quantitative estimate of drug-likeness (QED) is 0.799. The number of aromatic nitrogens is 1. The highest BCUT2D eigenvalue weighted by atomic mass is 79.9. The Morgan fingerprint density at radius 2 is 2.06 bits per heavy atom. The van der Waals surface area contributed by atoms with Crippen LogP contribution in [0.2, 0.25) is 0 Å². The third-order valence-corrected chi connectivity index (χ3v) is 4.26. The van der Waals surface area contributed by atoms with E-state index in [-0.39, 0.29) is 5.56 Å². The Kier molecular flexibility index (Phi) is 2.63. The zero-order chi connectivity index (χ0) is 12.9. The summed E-state index contributed by atoms with van der Waals surface area (Å²) in [5.74, 6) is 0. The second kappa shape index (κ2) is 4.05. The minimum absolute atomic E-state index is 0.0807. The van der Waals surface area contributed by atoms with Crippen LogP contribution in [0.4, 0.5) is 0 Å². The van der Waals surface area contributed by atoms with Crippen LogP contribution < -0.4 is 5.56 Å². The number of hydrogen-bond donors (Lipinski definition) is 0. The van der Waals surface area contributed by atoms with E-state index in [2.05, 4.69) is 15.9 Å². The van der Waals surface area contributed by atoms with E-state index in [9.17, 15) is 9.59 Å².